The zero-order valence-corrected chi connectivity index (χ0v) is 29.8. The van der Waals surface area contributed by atoms with Gasteiger partial charge in [-0.2, -0.15) is 8.42 Å². The minimum atomic E-state index is -3.69. The molecule has 0 fully saturated rings. The van der Waals surface area contributed by atoms with Gasteiger partial charge in [0.2, 0.25) is 0 Å². The van der Waals surface area contributed by atoms with Crippen molar-refractivity contribution in [1.29, 1.82) is 0 Å². The molecule has 1 heterocycles. The number of unbranched alkanes of at least 4 members (excludes halogenated alkanes) is 5. The van der Waals surface area contributed by atoms with E-state index in [0.717, 1.165) is 55.5 Å². The minimum absolute atomic E-state index is 0.212. The molecule has 6 heteroatoms. The first kappa shape index (κ1) is 34.3. The smallest absolute Gasteiger partial charge is 0.296 e. The van der Waals surface area contributed by atoms with E-state index >= 15 is 0 Å². The molecule has 0 aliphatic carbocycles. The highest BCUT2D eigenvalue weighted by Gasteiger charge is 2.17. The first-order valence-electron chi connectivity index (χ1n) is 17.9. The maximum atomic E-state index is 12.3. The van der Waals surface area contributed by atoms with Crippen LogP contribution in [-0.2, 0) is 14.3 Å². The van der Waals surface area contributed by atoms with Gasteiger partial charge in [0, 0.05) is 22.0 Å². The van der Waals surface area contributed by atoms with Gasteiger partial charge in [0.1, 0.15) is 5.75 Å². The van der Waals surface area contributed by atoms with Crippen LogP contribution in [0, 0.1) is 6.92 Å². The van der Waals surface area contributed by atoms with Gasteiger partial charge < -0.3 is 9.30 Å². The van der Waals surface area contributed by atoms with Gasteiger partial charge in [-0.15, -0.1) is 0 Å². The predicted octanol–water partition coefficient (Wildman–Crippen LogP) is 11.6. The van der Waals surface area contributed by atoms with Gasteiger partial charge >= 0.3 is 0 Å². The van der Waals surface area contributed by atoms with Crippen LogP contribution in [0.25, 0.3) is 49.7 Å². The number of rotatable bonds is 15. The lowest BCUT2D eigenvalue weighted by Gasteiger charge is -2.13. The molecule has 0 spiro atoms. The highest BCUT2D eigenvalue weighted by molar-refractivity contribution is 7.86. The van der Waals surface area contributed by atoms with Crippen molar-refractivity contribution in [3.8, 4) is 33.7 Å². The van der Waals surface area contributed by atoms with Gasteiger partial charge in [-0.3, -0.25) is 4.18 Å². The molecule has 0 N–H and O–H groups in total. The largest absolute Gasteiger partial charge is 0.494 e. The number of para-hydroxylation sites is 2. The molecule has 258 valence electrons. The monoisotopic (exact) mass is 693 g/mol. The summed E-state index contributed by atoms with van der Waals surface area (Å²) in [6.07, 6.45) is 5.82. The number of aromatic nitrogens is 1. The Hall–Kier alpha value is -5.17. The standard InChI is InChI=1S/C45H43NO4S/c1-34-23-29-40(30-24-34)51(47,48)50-32-12-5-3-2-4-11-31-49-39-27-25-38(26-28-39)46-44-22-10-9-19-42(44)43-21-14-20-41(45(43)46)37-18-13-17-36(33-37)35-15-7-6-8-16-35/h6-10,13-30,33H,2-5,11-12,31-32H2,1H3. The van der Waals surface area contributed by atoms with Crippen molar-refractivity contribution in [2.75, 3.05) is 13.2 Å². The maximum Gasteiger partial charge on any atom is 0.296 e. The van der Waals surface area contributed by atoms with Crippen molar-refractivity contribution < 1.29 is 17.3 Å². The lowest BCUT2D eigenvalue weighted by molar-refractivity contribution is 0.298. The Labute approximate surface area is 301 Å². The molecular weight excluding hydrogens is 651 g/mol. The molecule has 1 aromatic heterocycles. The van der Waals surface area contributed by atoms with Crippen molar-refractivity contribution in [2.45, 2.75) is 50.3 Å². The average molecular weight is 694 g/mol. The van der Waals surface area contributed by atoms with Gasteiger partial charge in [-0.1, -0.05) is 128 Å². The predicted molar refractivity (Wildman–Crippen MR) is 209 cm³/mol. The maximum absolute atomic E-state index is 12.3. The highest BCUT2D eigenvalue weighted by Crippen LogP contribution is 2.39. The summed E-state index contributed by atoms with van der Waals surface area (Å²) >= 11 is 0. The van der Waals surface area contributed by atoms with Crippen molar-refractivity contribution in [3.05, 3.63) is 151 Å². The summed E-state index contributed by atoms with van der Waals surface area (Å²) in [4.78, 5) is 0.212. The normalized spacial score (nSPS) is 11.7. The lowest BCUT2D eigenvalue weighted by Crippen LogP contribution is -2.07. The average Bonchev–Trinajstić information content (AvgIpc) is 3.51. The van der Waals surface area contributed by atoms with E-state index in [2.05, 4.69) is 126 Å². The highest BCUT2D eigenvalue weighted by atomic mass is 32.2. The van der Waals surface area contributed by atoms with Gasteiger partial charge in [-0.05, 0) is 85.0 Å². The van der Waals surface area contributed by atoms with Crippen molar-refractivity contribution in [2.24, 2.45) is 0 Å². The van der Waals surface area contributed by atoms with Crippen LogP contribution in [0.5, 0.6) is 5.75 Å². The molecule has 7 aromatic rings. The van der Waals surface area contributed by atoms with Crippen LogP contribution < -0.4 is 4.74 Å². The van der Waals surface area contributed by atoms with E-state index in [1.807, 2.05) is 6.92 Å². The molecule has 0 radical (unpaired) electrons. The number of aryl methyl sites for hydroxylation is 1. The zero-order chi connectivity index (χ0) is 35.0. The number of fused-ring (bicyclic) bond motifs is 3. The fourth-order valence-electron chi connectivity index (χ4n) is 6.75. The molecule has 0 amide bonds. The molecule has 0 saturated carbocycles. The van der Waals surface area contributed by atoms with Crippen LogP contribution in [0.4, 0.5) is 0 Å². The second-order valence-corrected chi connectivity index (χ2v) is 14.7. The molecular formula is C45H43NO4S. The van der Waals surface area contributed by atoms with E-state index in [9.17, 15) is 8.42 Å². The van der Waals surface area contributed by atoms with Crippen molar-refractivity contribution >= 4 is 31.9 Å². The number of benzene rings is 6. The Balaban J connectivity index is 0.961. The number of hydrogen-bond donors (Lipinski definition) is 0. The number of hydrogen-bond acceptors (Lipinski definition) is 4. The van der Waals surface area contributed by atoms with E-state index in [0.29, 0.717) is 6.61 Å². The second-order valence-electron chi connectivity index (χ2n) is 13.1. The van der Waals surface area contributed by atoms with Crippen LogP contribution in [0.1, 0.15) is 44.1 Å². The van der Waals surface area contributed by atoms with Crippen LogP contribution in [0.3, 0.4) is 0 Å². The third-order valence-electron chi connectivity index (χ3n) is 9.43. The first-order chi connectivity index (χ1) is 25.0. The molecule has 0 unspecified atom stereocenters. The molecule has 0 aliphatic rings. The topological polar surface area (TPSA) is 57.5 Å². The Morgan fingerprint density at radius 2 is 1.18 bits per heavy atom. The molecule has 0 saturated heterocycles. The van der Waals surface area contributed by atoms with E-state index in [1.165, 1.54) is 44.1 Å². The van der Waals surface area contributed by atoms with Crippen LogP contribution in [0.15, 0.2) is 150 Å². The summed E-state index contributed by atoms with van der Waals surface area (Å²) in [5.74, 6) is 0.863. The molecule has 51 heavy (non-hydrogen) atoms. The molecule has 0 bridgehead atoms. The Bertz CT molecular complexity index is 2330. The Morgan fingerprint density at radius 1 is 0.549 bits per heavy atom. The van der Waals surface area contributed by atoms with Crippen molar-refractivity contribution in [1.82, 2.24) is 4.57 Å². The third-order valence-corrected chi connectivity index (χ3v) is 10.8. The fraction of sp³-hybridized carbons (Fsp3) is 0.200. The van der Waals surface area contributed by atoms with E-state index in [4.69, 9.17) is 8.92 Å². The van der Waals surface area contributed by atoms with Gasteiger partial charge in [0.25, 0.3) is 10.1 Å². The van der Waals surface area contributed by atoms with Gasteiger partial charge in [-0.25, -0.2) is 0 Å². The van der Waals surface area contributed by atoms with Gasteiger partial charge in [0.15, 0.2) is 0 Å². The molecule has 5 nitrogen and oxygen atoms in total. The quantitative estimate of drug-likeness (QED) is 0.0792. The van der Waals surface area contributed by atoms with Gasteiger partial charge in [0.05, 0.1) is 29.1 Å². The second kappa shape index (κ2) is 15.8. The summed E-state index contributed by atoms with van der Waals surface area (Å²) < 4.78 is 38.4. The molecule has 0 atom stereocenters. The van der Waals surface area contributed by atoms with E-state index in [-0.39, 0.29) is 11.5 Å². The van der Waals surface area contributed by atoms with Crippen molar-refractivity contribution in [3.63, 3.8) is 0 Å². The van der Waals surface area contributed by atoms with Crippen LogP contribution >= 0.6 is 0 Å². The fourth-order valence-corrected chi connectivity index (χ4v) is 7.69. The lowest BCUT2D eigenvalue weighted by atomic mass is 9.97. The molecule has 0 aliphatic heterocycles. The Morgan fingerprint density at radius 3 is 1.96 bits per heavy atom. The molecule has 7 rings (SSSR count). The number of nitrogens with zero attached hydrogens (tertiary/aromatic N) is 1. The summed E-state index contributed by atoms with van der Waals surface area (Å²) in [5.41, 5.74) is 9.26. The molecule has 6 aromatic carbocycles. The summed E-state index contributed by atoms with van der Waals surface area (Å²) in [6.45, 7) is 2.80. The summed E-state index contributed by atoms with van der Waals surface area (Å²) in [5, 5.41) is 2.46. The minimum Gasteiger partial charge on any atom is -0.494 e. The van der Waals surface area contributed by atoms with E-state index < -0.39 is 10.1 Å². The first-order valence-corrected chi connectivity index (χ1v) is 19.3. The number of ether oxygens (including phenoxy) is 1. The van der Waals surface area contributed by atoms with E-state index in [1.54, 1.807) is 24.3 Å². The summed E-state index contributed by atoms with van der Waals surface area (Å²) in [6, 6.07) is 49.8. The zero-order valence-electron chi connectivity index (χ0n) is 29.0. The van der Waals surface area contributed by atoms with Crippen LogP contribution in [0.2, 0.25) is 0 Å². The SMILES string of the molecule is Cc1ccc(S(=O)(=O)OCCCCCCCCOc2ccc(-n3c4ccccc4c4cccc(-c5cccc(-c6ccccc6)c5)c43)cc2)cc1. The third kappa shape index (κ3) is 7.93. The summed E-state index contributed by atoms with van der Waals surface area (Å²) in [7, 11) is -3.69. The van der Waals surface area contributed by atoms with Crippen LogP contribution in [-0.4, -0.2) is 26.2 Å². The Kier molecular flexibility index (Phi) is 10.6.